The van der Waals surface area contributed by atoms with E-state index in [0.29, 0.717) is 10.8 Å². The van der Waals surface area contributed by atoms with Crippen molar-refractivity contribution in [2.45, 2.75) is 4.90 Å². The van der Waals surface area contributed by atoms with Crippen LogP contribution in [0.4, 0.5) is 5.69 Å². The zero-order valence-corrected chi connectivity index (χ0v) is 8.90. The third-order valence-electron chi connectivity index (χ3n) is 2.26. The molecule has 0 saturated carbocycles. The van der Waals surface area contributed by atoms with Gasteiger partial charge in [0.05, 0.1) is 10.6 Å². The molecule has 6 heteroatoms. The van der Waals surface area contributed by atoms with E-state index >= 15 is 0 Å². The van der Waals surface area contributed by atoms with Gasteiger partial charge in [-0.1, -0.05) is 6.07 Å². The summed E-state index contributed by atoms with van der Waals surface area (Å²) >= 11 is 0. The van der Waals surface area contributed by atoms with Crippen LogP contribution in [-0.4, -0.2) is 18.1 Å². The van der Waals surface area contributed by atoms with Crippen molar-refractivity contribution >= 4 is 26.6 Å². The van der Waals surface area contributed by atoms with Crippen molar-refractivity contribution in [2.75, 3.05) is 5.73 Å². The first-order valence-electron chi connectivity index (χ1n) is 4.38. The maximum atomic E-state index is 10.9. The minimum atomic E-state index is -4.23. The predicted octanol–water partition coefficient (Wildman–Crippen LogP) is 1.37. The van der Waals surface area contributed by atoms with E-state index in [1.165, 1.54) is 30.3 Å². The molecule has 0 saturated heterocycles. The molecule has 0 fully saturated rings. The third kappa shape index (κ3) is 1.80. The van der Waals surface area contributed by atoms with Gasteiger partial charge in [-0.2, -0.15) is 8.42 Å². The molecule has 0 aliphatic rings. The van der Waals surface area contributed by atoms with Gasteiger partial charge >= 0.3 is 0 Å². The Balaban J connectivity index is 2.77. The standard InChI is InChI=1S/C10H9NO4S/c11-9-4-6-1-2-8(16(13,14)15)3-7(6)5-10(9)12/h1-5,12H,11H2,(H,13,14,15). The number of nitrogens with two attached hydrogens (primary N) is 1. The molecule has 0 aliphatic heterocycles. The van der Waals surface area contributed by atoms with Gasteiger partial charge < -0.3 is 10.8 Å². The minimum absolute atomic E-state index is 0.125. The first-order valence-corrected chi connectivity index (χ1v) is 5.82. The normalized spacial score (nSPS) is 11.8. The van der Waals surface area contributed by atoms with Crippen molar-refractivity contribution in [2.24, 2.45) is 0 Å². The summed E-state index contributed by atoms with van der Waals surface area (Å²) < 4.78 is 30.7. The summed E-state index contributed by atoms with van der Waals surface area (Å²) in [5.74, 6) is -0.125. The van der Waals surface area contributed by atoms with Crippen LogP contribution in [0.15, 0.2) is 35.2 Å². The summed E-state index contributed by atoms with van der Waals surface area (Å²) in [6.07, 6.45) is 0. The van der Waals surface area contributed by atoms with Crippen LogP contribution < -0.4 is 5.73 Å². The lowest BCUT2D eigenvalue weighted by atomic mass is 10.1. The Morgan fingerprint density at radius 2 is 1.75 bits per heavy atom. The van der Waals surface area contributed by atoms with Crippen LogP contribution in [-0.2, 0) is 10.1 Å². The number of hydrogen-bond donors (Lipinski definition) is 3. The van der Waals surface area contributed by atoms with Crippen LogP contribution in [0.5, 0.6) is 5.75 Å². The topological polar surface area (TPSA) is 101 Å². The quantitative estimate of drug-likeness (QED) is 0.396. The van der Waals surface area contributed by atoms with Crippen LogP contribution in [0.2, 0.25) is 0 Å². The van der Waals surface area contributed by atoms with Gasteiger partial charge in [0.15, 0.2) is 0 Å². The first kappa shape index (κ1) is 10.7. The zero-order valence-electron chi connectivity index (χ0n) is 8.08. The predicted molar refractivity (Wildman–Crippen MR) is 59.8 cm³/mol. The van der Waals surface area contributed by atoms with Crippen molar-refractivity contribution in [1.82, 2.24) is 0 Å². The molecule has 0 heterocycles. The van der Waals surface area contributed by atoms with Crippen LogP contribution in [0.3, 0.4) is 0 Å². The number of phenolic OH excluding ortho intramolecular Hbond substituents is 1. The summed E-state index contributed by atoms with van der Waals surface area (Å²) in [5, 5.41) is 10.5. The monoisotopic (exact) mass is 239 g/mol. The Hall–Kier alpha value is -1.79. The smallest absolute Gasteiger partial charge is 0.294 e. The largest absolute Gasteiger partial charge is 0.506 e. The molecule has 0 aliphatic carbocycles. The van der Waals surface area contributed by atoms with Crippen molar-refractivity contribution in [3.8, 4) is 5.75 Å². The highest BCUT2D eigenvalue weighted by Crippen LogP contribution is 2.28. The number of phenols is 1. The van der Waals surface area contributed by atoms with Crippen LogP contribution in [0.25, 0.3) is 10.8 Å². The fraction of sp³-hybridized carbons (Fsp3) is 0. The van der Waals surface area contributed by atoms with E-state index in [0.717, 1.165) is 0 Å². The lowest BCUT2D eigenvalue weighted by Gasteiger charge is -2.04. The molecular weight excluding hydrogens is 230 g/mol. The highest BCUT2D eigenvalue weighted by atomic mass is 32.2. The van der Waals surface area contributed by atoms with Crippen LogP contribution >= 0.6 is 0 Å². The number of benzene rings is 2. The molecule has 0 spiro atoms. The molecule has 0 atom stereocenters. The van der Waals surface area contributed by atoms with Crippen LogP contribution in [0.1, 0.15) is 0 Å². The van der Waals surface area contributed by atoms with E-state index in [1.807, 2.05) is 0 Å². The summed E-state index contributed by atoms with van der Waals surface area (Å²) in [5.41, 5.74) is 5.71. The highest BCUT2D eigenvalue weighted by molar-refractivity contribution is 7.85. The Kier molecular flexibility index (Phi) is 2.25. The van der Waals surface area contributed by atoms with Gasteiger partial charge in [0.25, 0.3) is 10.1 Å². The second kappa shape index (κ2) is 3.36. The zero-order chi connectivity index (χ0) is 11.9. The SMILES string of the molecule is Nc1cc2ccc(S(=O)(=O)O)cc2cc1O. The van der Waals surface area contributed by atoms with Gasteiger partial charge in [-0.15, -0.1) is 0 Å². The van der Waals surface area contributed by atoms with Gasteiger partial charge in [0.1, 0.15) is 5.75 Å². The van der Waals surface area contributed by atoms with Crippen LogP contribution in [0, 0.1) is 0 Å². The number of anilines is 1. The number of aromatic hydroxyl groups is 1. The number of hydrogen-bond acceptors (Lipinski definition) is 4. The molecule has 0 amide bonds. The van der Waals surface area contributed by atoms with Gasteiger partial charge in [0, 0.05) is 0 Å². The Labute approximate surface area is 91.9 Å². The lowest BCUT2D eigenvalue weighted by Crippen LogP contribution is -1.97. The van der Waals surface area contributed by atoms with Gasteiger partial charge in [-0.25, -0.2) is 0 Å². The van der Waals surface area contributed by atoms with E-state index in [4.69, 9.17) is 10.3 Å². The summed E-state index contributed by atoms with van der Waals surface area (Å²) in [6, 6.07) is 6.92. The van der Waals surface area contributed by atoms with Gasteiger partial charge in [0.2, 0.25) is 0 Å². The summed E-state index contributed by atoms with van der Waals surface area (Å²) in [4.78, 5) is -0.218. The molecule has 2 rings (SSSR count). The average Bonchev–Trinajstić information content (AvgIpc) is 2.17. The lowest BCUT2D eigenvalue weighted by molar-refractivity contribution is 0.478. The second-order valence-corrected chi connectivity index (χ2v) is 4.82. The molecule has 2 aromatic rings. The van der Waals surface area contributed by atoms with E-state index < -0.39 is 10.1 Å². The molecule has 0 radical (unpaired) electrons. The molecule has 84 valence electrons. The third-order valence-corrected chi connectivity index (χ3v) is 3.10. The maximum absolute atomic E-state index is 10.9. The fourth-order valence-corrected chi connectivity index (χ4v) is 1.96. The number of rotatable bonds is 1. The molecule has 0 aromatic heterocycles. The molecule has 4 N–H and O–H groups in total. The Morgan fingerprint density at radius 3 is 2.38 bits per heavy atom. The molecular formula is C10H9NO4S. The average molecular weight is 239 g/mol. The summed E-state index contributed by atoms with van der Waals surface area (Å²) in [6.45, 7) is 0. The second-order valence-electron chi connectivity index (χ2n) is 3.40. The molecule has 16 heavy (non-hydrogen) atoms. The molecule has 0 unspecified atom stereocenters. The number of fused-ring (bicyclic) bond motifs is 1. The van der Waals surface area contributed by atoms with E-state index in [2.05, 4.69) is 0 Å². The van der Waals surface area contributed by atoms with Crippen molar-refractivity contribution in [3.05, 3.63) is 30.3 Å². The first-order chi connectivity index (χ1) is 7.38. The van der Waals surface area contributed by atoms with E-state index in [-0.39, 0.29) is 16.3 Å². The van der Waals surface area contributed by atoms with E-state index in [9.17, 15) is 13.5 Å². The number of nitrogen functional groups attached to an aromatic ring is 1. The van der Waals surface area contributed by atoms with Gasteiger partial charge in [-0.05, 0) is 35.0 Å². The summed E-state index contributed by atoms with van der Waals surface area (Å²) in [7, 11) is -4.23. The minimum Gasteiger partial charge on any atom is -0.506 e. The van der Waals surface area contributed by atoms with Crippen molar-refractivity contribution in [3.63, 3.8) is 0 Å². The highest BCUT2D eigenvalue weighted by Gasteiger charge is 2.10. The fourth-order valence-electron chi connectivity index (χ4n) is 1.44. The Morgan fingerprint density at radius 1 is 1.06 bits per heavy atom. The molecule has 2 aromatic carbocycles. The maximum Gasteiger partial charge on any atom is 0.294 e. The molecule has 0 bridgehead atoms. The molecule has 5 nitrogen and oxygen atoms in total. The Bertz CT molecular complexity index is 664. The van der Waals surface area contributed by atoms with Gasteiger partial charge in [-0.3, -0.25) is 4.55 Å². The van der Waals surface area contributed by atoms with Crippen molar-refractivity contribution in [1.29, 1.82) is 0 Å². The van der Waals surface area contributed by atoms with Crippen molar-refractivity contribution < 1.29 is 18.1 Å². The van der Waals surface area contributed by atoms with E-state index in [1.54, 1.807) is 0 Å².